The Morgan fingerprint density at radius 3 is 2.35 bits per heavy atom. The first-order valence-corrected chi connectivity index (χ1v) is 6.98. The van der Waals surface area contributed by atoms with E-state index in [1.807, 2.05) is 0 Å². The molecule has 0 atom stereocenters. The van der Waals surface area contributed by atoms with E-state index < -0.39 is 0 Å². The lowest BCUT2D eigenvalue weighted by Gasteiger charge is -2.54. The summed E-state index contributed by atoms with van der Waals surface area (Å²) in [6.07, 6.45) is 8.95. The summed E-state index contributed by atoms with van der Waals surface area (Å²) in [4.78, 5) is 0. The Morgan fingerprint density at radius 2 is 1.76 bits per heavy atom. The minimum Gasteiger partial charge on any atom is -0.364 e. The van der Waals surface area contributed by atoms with Gasteiger partial charge in [0.15, 0.2) is 0 Å². The fourth-order valence-corrected chi connectivity index (χ4v) is 5.07. The molecular formula is C14H20N2O. The molecule has 2 N–H and O–H groups in total. The number of nitrogens with two attached hydrogens (primary N) is 1. The molecule has 3 heteroatoms. The van der Waals surface area contributed by atoms with Gasteiger partial charge in [-0.05, 0) is 55.8 Å². The van der Waals surface area contributed by atoms with E-state index in [9.17, 15) is 0 Å². The molecule has 4 bridgehead atoms. The van der Waals surface area contributed by atoms with Crippen molar-refractivity contribution in [3.05, 3.63) is 17.5 Å². The first kappa shape index (κ1) is 10.1. The quantitative estimate of drug-likeness (QED) is 0.853. The fourth-order valence-electron chi connectivity index (χ4n) is 5.07. The highest BCUT2D eigenvalue weighted by Gasteiger charge is 2.49. The zero-order valence-electron chi connectivity index (χ0n) is 10.1. The third kappa shape index (κ3) is 1.41. The lowest BCUT2D eigenvalue weighted by atomic mass is 9.51. The van der Waals surface area contributed by atoms with E-state index in [2.05, 4.69) is 5.16 Å². The van der Waals surface area contributed by atoms with Crippen LogP contribution in [0, 0.1) is 23.7 Å². The second-order valence-corrected chi connectivity index (χ2v) is 6.39. The van der Waals surface area contributed by atoms with E-state index in [0.29, 0.717) is 12.5 Å². The van der Waals surface area contributed by atoms with Crippen molar-refractivity contribution in [3.8, 4) is 0 Å². The minimum absolute atomic E-state index is 0.571. The molecule has 0 amide bonds. The Kier molecular flexibility index (Phi) is 2.13. The average molecular weight is 232 g/mol. The summed E-state index contributed by atoms with van der Waals surface area (Å²) in [5.41, 5.74) is 8.13. The smallest absolute Gasteiger partial charge is 0.128 e. The monoisotopic (exact) mass is 232 g/mol. The van der Waals surface area contributed by atoms with Crippen LogP contribution in [0.4, 0.5) is 0 Å². The molecule has 0 unspecified atom stereocenters. The Bertz CT molecular complexity index is 398. The van der Waals surface area contributed by atoms with Crippen LogP contribution < -0.4 is 5.73 Å². The maximum atomic E-state index is 5.79. The third-order valence-electron chi connectivity index (χ3n) is 5.44. The summed E-state index contributed by atoms with van der Waals surface area (Å²) in [7, 11) is 0. The largest absolute Gasteiger partial charge is 0.364 e. The molecule has 0 radical (unpaired) electrons. The molecule has 4 saturated carbocycles. The molecule has 0 aromatic carbocycles. The van der Waals surface area contributed by atoms with Crippen molar-refractivity contribution in [1.82, 2.24) is 5.16 Å². The SMILES string of the molecule is NCc1conc1C1C2CC3CC(C2)CC1C3. The first-order valence-electron chi connectivity index (χ1n) is 6.98. The van der Waals surface area contributed by atoms with Crippen molar-refractivity contribution < 1.29 is 4.52 Å². The van der Waals surface area contributed by atoms with Gasteiger partial charge in [0.25, 0.3) is 0 Å². The number of nitrogens with zero attached hydrogens (tertiary/aromatic N) is 1. The van der Waals surface area contributed by atoms with Gasteiger partial charge in [-0.3, -0.25) is 0 Å². The standard InChI is InChI=1S/C14H20N2O/c15-6-12-7-17-16-14(12)13-10-2-8-1-9(4-10)5-11(13)3-8/h7-11,13H,1-6,15H2. The fraction of sp³-hybridized carbons (Fsp3) is 0.786. The lowest BCUT2D eigenvalue weighted by Crippen LogP contribution is -2.44. The molecule has 1 aromatic heterocycles. The maximum absolute atomic E-state index is 5.79. The third-order valence-corrected chi connectivity index (χ3v) is 5.44. The Hall–Kier alpha value is -0.830. The Labute approximate surface area is 102 Å². The second kappa shape index (κ2) is 3.58. The van der Waals surface area contributed by atoms with Crippen LogP contribution in [0.5, 0.6) is 0 Å². The van der Waals surface area contributed by atoms with Crippen molar-refractivity contribution in [3.63, 3.8) is 0 Å². The Balaban J connectivity index is 1.70. The molecule has 1 heterocycles. The van der Waals surface area contributed by atoms with Crippen molar-refractivity contribution in [1.29, 1.82) is 0 Å². The van der Waals surface area contributed by atoms with Gasteiger partial charge >= 0.3 is 0 Å². The van der Waals surface area contributed by atoms with Crippen LogP contribution in [0.3, 0.4) is 0 Å². The molecule has 0 aliphatic heterocycles. The topological polar surface area (TPSA) is 52.0 Å². The molecule has 0 spiro atoms. The van der Waals surface area contributed by atoms with Gasteiger partial charge in [0.2, 0.25) is 0 Å². The van der Waals surface area contributed by atoms with E-state index in [1.165, 1.54) is 37.8 Å². The summed E-state index contributed by atoms with van der Waals surface area (Å²) in [6, 6.07) is 0. The highest BCUT2D eigenvalue weighted by molar-refractivity contribution is 5.23. The van der Waals surface area contributed by atoms with E-state index >= 15 is 0 Å². The van der Waals surface area contributed by atoms with Crippen molar-refractivity contribution in [2.24, 2.45) is 29.4 Å². The first-order chi connectivity index (χ1) is 8.35. The van der Waals surface area contributed by atoms with E-state index in [1.54, 1.807) is 6.26 Å². The highest BCUT2D eigenvalue weighted by atomic mass is 16.5. The van der Waals surface area contributed by atoms with Crippen molar-refractivity contribution in [2.75, 3.05) is 0 Å². The van der Waals surface area contributed by atoms with E-state index in [4.69, 9.17) is 10.3 Å². The molecule has 4 fully saturated rings. The minimum atomic E-state index is 0.571. The van der Waals surface area contributed by atoms with Crippen LogP contribution in [-0.2, 0) is 6.54 Å². The van der Waals surface area contributed by atoms with Crippen LogP contribution >= 0.6 is 0 Å². The predicted octanol–water partition coefficient (Wildman–Crippen LogP) is 2.67. The van der Waals surface area contributed by atoms with Gasteiger partial charge in [-0.25, -0.2) is 0 Å². The van der Waals surface area contributed by atoms with Gasteiger partial charge in [-0.1, -0.05) is 5.16 Å². The molecule has 3 nitrogen and oxygen atoms in total. The van der Waals surface area contributed by atoms with Crippen molar-refractivity contribution >= 4 is 0 Å². The van der Waals surface area contributed by atoms with Gasteiger partial charge in [-0.2, -0.15) is 0 Å². The molecule has 92 valence electrons. The summed E-state index contributed by atoms with van der Waals surface area (Å²) in [5.74, 6) is 4.41. The summed E-state index contributed by atoms with van der Waals surface area (Å²) in [6.45, 7) is 0.571. The van der Waals surface area contributed by atoms with Crippen LogP contribution in [0.15, 0.2) is 10.8 Å². The number of rotatable bonds is 2. The molecule has 4 aliphatic carbocycles. The van der Waals surface area contributed by atoms with Gasteiger partial charge in [0, 0.05) is 18.0 Å². The van der Waals surface area contributed by atoms with Gasteiger partial charge in [0.1, 0.15) is 6.26 Å². The summed E-state index contributed by atoms with van der Waals surface area (Å²) in [5, 5.41) is 4.28. The van der Waals surface area contributed by atoms with Gasteiger partial charge < -0.3 is 10.3 Å². The number of hydrogen-bond donors (Lipinski definition) is 1. The van der Waals surface area contributed by atoms with E-state index in [0.717, 1.165) is 29.2 Å². The lowest BCUT2D eigenvalue weighted by molar-refractivity contribution is -0.00529. The molecule has 4 aliphatic rings. The summed E-state index contributed by atoms with van der Waals surface area (Å²) >= 11 is 0. The Morgan fingerprint density at radius 1 is 1.12 bits per heavy atom. The maximum Gasteiger partial charge on any atom is 0.128 e. The van der Waals surface area contributed by atoms with Crippen LogP contribution in [0.1, 0.15) is 49.3 Å². The zero-order chi connectivity index (χ0) is 11.4. The molecule has 0 saturated heterocycles. The number of hydrogen-bond acceptors (Lipinski definition) is 3. The van der Waals surface area contributed by atoms with Crippen LogP contribution in [-0.4, -0.2) is 5.16 Å². The predicted molar refractivity (Wildman–Crippen MR) is 64.2 cm³/mol. The molecule has 5 rings (SSSR count). The molecule has 17 heavy (non-hydrogen) atoms. The van der Waals surface area contributed by atoms with Crippen LogP contribution in [0.2, 0.25) is 0 Å². The average Bonchev–Trinajstić information content (AvgIpc) is 2.75. The number of aromatic nitrogens is 1. The molecule has 1 aromatic rings. The van der Waals surface area contributed by atoms with E-state index in [-0.39, 0.29) is 0 Å². The van der Waals surface area contributed by atoms with Gasteiger partial charge in [-0.15, -0.1) is 0 Å². The highest BCUT2D eigenvalue weighted by Crippen LogP contribution is 2.59. The normalized spacial score (nSPS) is 43.2. The van der Waals surface area contributed by atoms with Crippen molar-refractivity contribution in [2.45, 2.75) is 44.6 Å². The molecular weight excluding hydrogens is 212 g/mol. The van der Waals surface area contributed by atoms with Gasteiger partial charge in [0.05, 0.1) is 5.69 Å². The summed E-state index contributed by atoms with van der Waals surface area (Å²) < 4.78 is 5.16. The van der Waals surface area contributed by atoms with Crippen LogP contribution in [0.25, 0.3) is 0 Å². The second-order valence-electron chi connectivity index (χ2n) is 6.39. The zero-order valence-corrected chi connectivity index (χ0v) is 10.1.